The molecule has 0 bridgehead atoms. The van der Waals surface area contributed by atoms with Crippen LogP contribution in [0.3, 0.4) is 0 Å². The summed E-state index contributed by atoms with van der Waals surface area (Å²) in [7, 11) is 0. The summed E-state index contributed by atoms with van der Waals surface area (Å²) in [6, 6.07) is 6.35. The Hall–Kier alpha value is -1.35. The van der Waals surface area contributed by atoms with Crippen molar-refractivity contribution in [2.75, 3.05) is 6.54 Å². The molecule has 3 nitrogen and oxygen atoms in total. The van der Waals surface area contributed by atoms with Crippen LogP contribution >= 0.6 is 0 Å². The zero-order valence-corrected chi connectivity index (χ0v) is 9.21. The lowest BCUT2D eigenvalue weighted by Crippen LogP contribution is -2.17. The van der Waals surface area contributed by atoms with Crippen molar-refractivity contribution in [3.8, 4) is 0 Å². The minimum atomic E-state index is -0.761. The van der Waals surface area contributed by atoms with Crippen LogP contribution in [0.15, 0.2) is 18.2 Å². The van der Waals surface area contributed by atoms with Gasteiger partial charge in [0, 0.05) is 13.1 Å². The molecule has 0 heterocycles. The van der Waals surface area contributed by atoms with E-state index in [0.717, 1.165) is 6.54 Å². The first-order chi connectivity index (χ1) is 7.08. The van der Waals surface area contributed by atoms with Gasteiger partial charge in [-0.1, -0.05) is 29.3 Å². The van der Waals surface area contributed by atoms with Gasteiger partial charge >= 0.3 is 5.97 Å². The Labute approximate surface area is 90.1 Å². The highest BCUT2D eigenvalue weighted by Crippen LogP contribution is 2.08. The standard InChI is InChI=1S/C12H17NO2/c1-9-5-10(2)7-11(6-9)8-13-4-3-12(14)15/h5-7,13H,3-4,8H2,1-2H3,(H,14,15). The van der Waals surface area contributed by atoms with Crippen molar-refractivity contribution in [2.45, 2.75) is 26.8 Å². The van der Waals surface area contributed by atoms with E-state index in [1.165, 1.54) is 16.7 Å². The first kappa shape index (κ1) is 11.7. The van der Waals surface area contributed by atoms with Gasteiger partial charge in [0.05, 0.1) is 6.42 Å². The second-order valence-electron chi connectivity index (χ2n) is 3.82. The zero-order valence-electron chi connectivity index (χ0n) is 9.21. The van der Waals surface area contributed by atoms with E-state index in [2.05, 4.69) is 37.4 Å². The minimum Gasteiger partial charge on any atom is -0.481 e. The fourth-order valence-electron chi connectivity index (χ4n) is 1.60. The van der Waals surface area contributed by atoms with Crippen molar-refractivity contribution in [3.05, 3.63) is 34.9 Å². The molecule has 3 heteroatoms. The maximum absolute atomic E-state index is 10.3. The zero-order chi connectivity index (χ0) is 11.3. The highest BCUT2D eigenvalue weighted by atomic mass is 16.4. The number of aryl methyl sites for hydroxylation is 2. The van der Waals surface area contributed by atoms with Crippen LogP contribution in [0.2, 0.25) is 0 Å². The topological polar surface area (TPSA) is 49.3 Å². The van der Waals surface area contributed by atoms with Gasteiger partial charge in [0.1, 0.15) is 0 Å². The molecule has 1 rings (SSSR count). The lowest BCUT2D eigenvalue weighted by molar-refractivity contribution is -0.136. The van der Waals surface area contributed by atoms with E-state index in [9.17, 15) is 4.79 Å². The lowest BCUT2D eigenvalue weighted by atomic mass is 10.1. The predicted molar refractivity (Wildman–Crippen MR) is 59.9 cm³/mol. The summed E-state index contributed by atoms with van der Waals surface area (Å²) >= 11 is 0. The number of nitrogens with one attached hydrogen (secondary N) is 1. The third-order valence-corrected chi connectivity index (χ3v) is 2.13. The van der Waals surface area contributed by atoms with Crippen LogP contribution in [-0.4, -0.2) is 17.6 Å². The first-order valence-corrected chi connectivity index (χ1v) is 5.07. The Morgan fingerprint density at radius 1 is 1.27 bits per heavy atom. The van der Waals surface area contributed by atoms with Gasteiger partial charge in [-0.05, 0) is 19.4 Å². The maximum Gasteiger partial charge on any atom is 0.304 e. The number of aliphatic carboxylic acids is 1. The predicted octanol–water partition coefficient (Wildman–Crippen LogP) is 1.87. The first-order valence-electron chi connectivity index (χ1n) is 5.07. The van der Waals surface area contributed by atoms with Crippen LogP contribution in [0.25, 0.3) is 0 Å². The molecule has 0 aliphatic carbocycles. The molecule has 0 atom stereocenters. The molecule has 0 unspecified atom stereocenters. The number of benzene rings is 1. The largest absolute Gasteiger partial charge is 0.481 e. The Morgan fingerprint density at radius 3 is 2.40 bits per heavy atom. The molecule has 0 aliphatic rings. The van der Waals surface area contributed by atoms with Gasteiger partial charge in [-0.25, -0.2) is 0 Å². The van der Waals surface area contributed by atoms with E-state index in [1.54, 1.807) is 0 Å². The monoisotopic (exact) mass is 207 g/mol. The van der Waals surface area contributed by atoms with Crippen molar-refractivity contribution >= 4 is 5.97 Å². The summed E-state index contributed by atoms with van der Waals surface area (Å²) in [5.74, 6) is -0.761. The summed E-state index contributed by atoms with van der Waals surface area (Å²) in [5.41, 5.74) is 3.69. The molecule has 0 saturated carbocycles. The lowest BCUT2D eigenvalue weighted by Gasteiger charge is -2.06. The second-order valence-corrected chi connectivity index (χ2v) is 3.82. The molecular formula is C12H17NO2. The highest BCUT2D eigenvalue weighted by molar-refractivity contribution is 5.66. The Kier molecular flexibility index (Phi) is 4.31. The van der Waals surface area contributed by atoms with Crippen molar-refractivity contribution in [1.82, 2.24) is 5.32 Å². The van der Waals surface area contributed by atoms with E-state index in [-0.39, 0.29) is 6.42 Å². The molecule has 0 spiro atoms. The van der Waals surface area contributed by atoms with Crippen LogP contribution in [0.1, 0.15) is 23.1 Å². The Balaban J connectivity index is 2.40. The summed E-state index contributed by atoms with van der Waals surface area (Å²) in [4.78, 5) is 10.3. The van der Waals surface area contributed by atoms with Crippen molar-refractivity contribution in [3.63, 3.8) is 0 Å². The fraction of sp³-hybridized carbons (Fsp3) is 0.417. The molecule has 0 saturated heterocycles. The number of hydrogen-bond donors (Lipinski definition) is 2. The number of rotatable bonds is 5. The van der Waals surface area contributed by atoms with Crippen LogP contribution < -0.4 is 5.32 Å². The van der Waals surface area contributed by atoms with Gasteiger partial charge in [0.25, 0.3) is 0 Å². The van der Waals surface area contributed by atoms with Crippen LogP contribution in [0.5, 0.6) is 0 Å². The van der Waals surface area contributed by atoms with Crippen molar-refractivity contribution in [2.24, 2.45) is 0 Å². The normalized spacial score (nSPS) is 10.3. The van der Waals surface area contributed by atoms with E-state index in [4.69, 9.17) is 5.11 Å². The van der Waals surface area contributed by atoms with E-state index < -0.39 is 5.97 Å². The molecule has 15 heavy (non-hydrogen) atoms. The van der Waals surface area contributed by atoms with Gasteiger partial charge < -0.3 is 10.4 Å². The van der Waals surface area contributed by atoms with Crippen molar-refractivity contribution in [1.29, 1.82) is 0 Å². The van der Waals surface area contributed by atoms with Gasteiger partial charge in [0.2, 0.25) is 0 Å². The van der Waals surface area contributed by atoms with E-state index in [1.807, 2.05) is 0 Å². The van der Waals surface area contributed by atoms with Crippen LogP contribution in [0, 0.1) is 13.8 Å². The quantitative estimate of drug-likeness (QED) is 0.725. The van der Waals surface area contributed by atoms with E-state index >= 15 is 0 Å². The maximum atomic E-state index is 10.3. The third kappa shape index (κ3) is 4.61. The average Bonchev–Trinajstić information content (AvgIpc) is 2.10. The van der Waals surface area contributed by atoms with Crippen molar-refractivity contribution < 1.29 is 9.90 Å². The average molecular weight is 207 g/mol. The molecule has 0 radical (unpaired) electrons. The second kappa shape index (κ2) is 5.51. The molecule has 1 aromatic rings. The molecule has 0 aromatic heterocycles. The molecule has 0 amide bonds. The molecule has 82 valence electrons. The summed E-state index contributed by atoms with van der Waals surface area (Å²) in [6.07, 6.45) is 0.171. The molecule has 2 N–H and O–H groups in total. The van der Waals surface area contributed by atoms with Crippen LogP contribution in [-0.2, 0) is 11.3 Å². The van der Waals surface area contributed by atoms with Gasteiger partial charge in [0.15, 0.2) is 0 Å². The molecule has 1 aromatic carbocycles. The Bertz CT molecular complexity index is 327. The molecule has 0 fully saturated rings. The number of carboxylic acid groups (broad SMARTS) is 1. The number of carbonyl (C=O) groups is 1. The fourth-order valence-corrected chi connectivity index (χ4v) is 1.60. The third-order valence-electron chi connectivity index (χ3n) is 2.13. The van der Waals surface area contributed by atoms with Gasteiger partial charge in [-0.3, -0.25) is 4.79 Å². The van der Waals surface area contributed by atoms with Gasteiger partial charge in [-0.15, -0.1) is 0 Å². The van der Waals surface area contributed by atoms with Crippen LogP contribution in [0.4, 0.5) is 0 Å². The molecular weight excluding hydrogens is 190 g/mol. The Morgan fingerprint density at radius 2 is 1.87 bits per heavy atom. The summed E-state index contributed by atoms with van der Waals surface area (Å²) in [5, 5.41) is 11.6. The number of hydrogen-bond acceptors (Lipinski definition) is 2. The summed E-state index contributed by atoms with van der Waals surface area (Å²) < 4.78 is 0. The summed E-state index contributed by atoms with van der Waals surface area (Å²) in [6.45, 7) is 5.37. The number of carboxylic acids is 1. The van der Waals surface area contributed by atoms with E-state index in [0.29, 0.717) is 6.54 Å². The minimum absolute atomic E-state index is 0.171. The van der Waals surface area contributed by atoms with Gasteiger partial charge in [-0.2, -0.15) is 0 Å². The molecule has 0 aliphatic heterocycles. The smallest absolute Gasteiger partial charge is 0.304 e. The SMILES string of the molecule is Cc1cc(C)cc(CNCCC(=O)O)c1. The highest BCUT2D eigenvalue weighted by Gasteiger charge is 1.98.